The van der Waals surface area contributed by atoms with Crippen LogP contribution >= 0.6 is 0 Å². The van der Waals surface area contributed by atoms with Gasteiger partial charge in [-0.05, 0) is 44.4 Å². The molecule has 2 rings (SSSR count). The van der Waals surface area contributed by atoms with Crippen molar-refractivity contribution in [2.24, 2.45) is 0 Å². The van der Waals surface area contributed by atoms with Crippen molar-refractivity contribution in [1.82, 2.24) is 9.88 Å². The largest absolute Gasteiger partial charge is 0.462 e. The van der Waals surface area contributed by atoms with E-state index in [0.717, 1.165) is 12.8 Å². The second-order valence-electron chi connectivity index (χ2n) is 6.72. The molecule has 0 saturated heterocycles. The zero-order valence-corrected chi connectivity index (χ0v) is 17.3. The zero-order chi connectivity index (χ0) is 21.6. The Morgan fingerprint density at radius 2 is 1.62 bits per heavy atom. The highest BCUT2D eigenvalue weighted by Crippen LogP contribution is 2.32. The number of rotatable bonds is 9. The number of benzene rings is 1. The van der Waals surface area contributed by atoms with Crippen LogP contribution in [-0.2, 0) is 9.53 Å². The number of amides is 1. The number of hydrogen-bond donors (Lipinski definition) is 1. The van der Waals surface area contributed by atoms with Crippen molar-refractivity contribution in [3.05, 3.63) is 47.0 Å². The van der Waals surface area contributed by atoms with E-state index in [-0.39, 0.29) is 23.4 Å². The number of nitrogens with zero attached hydrogens (tertiary/aromatic N) is 1. The Bertz CT molecular complexity index is 881. The fourth-order valence-corrected chi connectivity index (χ4v) is 3.26. The molecule has 29 heavy (non-hydrogen) atoms. The maximum absolute atomic E-state index is 13.4. The number of Topliss-reactive ketones (excluding diaryl/α,β-unsaturated/α-hetero) is 1. The van der Waals surface area contributed by atoms with E-state index in [1.165, 1.54) is 29.2 Å². The van der Waals surface area contributed by atoms with Crippen molar-refractivity contribution in [3.63, 3.8) is 0 Å². The van der Waals surface area contributed by atoms with Crippen molar-refractivity contribution in [1.29, 1.82) is 0 Å². The maximum atomic E-state index is 13.4. The summed E-state index contributed by atoms with van der Waals surface area (Å²) in [6, 6.07) is 5.42. The summed E-state index contributed by atoms with van der Waals surface area (Å²) in [5.74, 6) is -2.41. The molecule has 0 atom stereocenters. The van der Waals surface area contributed by atoms with E-state index in [9.17, 15) is 18.8 Å². The first-order valence-corrected chi connectivity index (χ1v) is 9.84. The van der Waals surface area contributed by atoms with Gasteiger partial charge in [-0.2, -0.15) is 0 Å². The Hall–Kier alpha value is -2.96. The average molecular weight is 402 g/mol. The number of aromatic amines is 1. The lowest BCUT2D eigenvalue weighted by Gasteiger charge is -2.20. The summed E-state index contributed by atoms with van der Waals surface area (Å²) in [5, 5.41) is 0. The van der Waals surface area contributed by atoms with Crippen LogP contribution in [-0.4, -0.2) is 47.2 Å². The lowest BCUT2D eigenvalue weighted by molar-refractivity contribution is -0.126. The molecular weight excluding hydrogens is 375 g/mol. The van der Waals surface area contributed by atoms with Gasteiger partial charge in [0, 0.05) is 24.3 Å². The van der Waals surface area contributed by atoms with E-state index >= 15 is 0 Å². The van der Waals surface area contributed by atoms with Gasteiger partial charge in [-0.3, -0.25) is 9.59 Å². The maximum Gasteiger partial charge on any atom is 0.340 e. The topological polar surface area (TPSA) is 79.5 Å². The molecule has 0 saturated carbocycles. The summed E-state index contributed by atoms with van der Waals surface area (Å²) >= 11 is 0. The number of hydrogen-bond acceptors (Lipinski definition) is 4. The molecule has 1 aromatic carbocycles. The Kier molecular flexibility index (Phi) is 7.70. The smallest absolute Gasteiger partial charge is 0.340 e. The monoisotopic (exact) mass is 402 g/mol. The predicted molar refractivity (Wildman–Crippen MR) is 108 cm³/mol. The summed E-state index contributed by atoms with van der Waals surface area (Å²) in [6.45, 7) is 8.28. The van der Waals surface area contributed by atoms with Crippen LogP contribution in [0, 0.1) is 12.7 Å². The normalized spacial score (nSPS) is 10.7. The molecule has 0 aliphatic carbocycles. The first-order chi connectivity index (χ1) is 13.8. The minimum Gasteiger partial charge on any atom is -0.462 e. The van der Waals surface area contributed by atoms with Crippen LogP contribution in [0.15, 0.2) is 24.3 Å². The minimum atomic E-state index is -0.732. The Balaban J connectivity index is 2.60. The summed E-state index contributed by atoms with van der Waals surface area (Å²) in [7, 11) is 0. The van der Waals surface area contributed by atoms with Crippen LogP contribution in [0.4, 0.5) is 4.39 Å². The third-order valence-corrected chi connectivity index (χ3v) is 4.50. The molecule has 0 unspecified atom stereocenters. The van der Waals surface area contributed by atoms with E-state index < -0.39 is 23.5 Å². The van der Waals surface area contributed by atoms with E-state index in [1.807, 2.05) is 13.8 Å². The zero-order valence-electron chi connectivity index (χ0n) is 17.3. The highest BCUT2D eigenvalue weighted by Gasteiger charge is 2.31. The third-order valence-electron chi connectivity index (χ3n) is 4.50. The number of carbonyl (C=O) groups is 3. The van der Waals surface area contributed by atoms with Crippen molar-refractivity contribution in [2.45, 2.75) is 40.5 Å². The standard InChI is InChI=1S/C22H27FN2O4/c1-5-12-25(13-6-2)21(27)20(26)19-18(15-8-10-16(23)11-9-15)17(14(4)24-19)22(28)29-7-3/h8-11,24H,5-7,12-13H2,1-4H3. The molecule has 0 bridgehead atoms. The number of ketones is 1. The van der Waals surface area contributed by atoms with Gasteiger partial charge in [0.05, 0.1) is 12.2 Å². The van der Waals surface area contributed by atoms with Crippen molar-refractivity contribution in [3.8, 4) is 11.1 Å². The van der Waals surface area contributed by atoms with Crippen molar-refractivity contribution < 1.29 is 23.5 Å². The Labute approximate surface area is 170 Å². The SMILES string of the molecule is CCCN(CCC)C(=O)C(=O)c1[nH]c(C)c(C(=O)OCC)c1-c1ccc(F)cc1. The summed E-state index contributed by atoms with van der Waals surface area (Å²) in [5.41, 5.74) is 1.31. The molecule has 0 aliphatic heterocycles. The number of nitrogens with one attached hydrogen (secondary N) is 1. The number of aromatic nitrogens is 1. The molecule has 1 heterocycles. The molecule has 6 nitrogen and oxygen atoms in total. The van der Waals surface area contributed by atoms with Gasteiger partial charge in [0.2, 0.25) is 0 Å². The molecule has 0 spiro atoms. The van der Waals surface area contributed by atoms with Gasteiger partial charge in [0.25, 0.3) is 11.7 Å². The Morgan fingerprint density at radius 1 is 1.03 bits per heavy atom. The predicted octanol–water partition coefficient (Wildman–Crippen LogP) is 4.14. The first kappa shape index (κ1) is 22.3. The van der Waals surface area contributed by atoms with Gasteiger partial charge < -0.3 is 14.6 Å². The second kappa shape index (κ2) is 10.0. The van der Waals surface area contributed by atoms with Gasteiger partial charge in [0.15, 0.2) is 0 Å². The number of H-pyrrole nitrogens is 1. The molecule has 0 aliphatic rings. The Morgan fingerprint density at radius 3 is 2.14 bits per heavy atom. The van der Waals surface area contributed by atoms with Crippen molar-refractivity contribution >= 4 is 17.7 Å². The van der Waals surface area contributed by atoms with Crippen LogP contribution in [0.25, 0.3) is 11.1 Å². The summed E-state index contributed by atoms with van der Waals surface area (Å²) < 4.78 is 18.6. The van der Waals surface area contributed by atoms with Crippen LogP contribution in [0.5, 0.6) is 0 Å². The lowest BCUT2D eigenvalue weighted by Crippen LogP contribution is -2.38. The second-order valence-corrected chi connectivity index (χ2v) is 6.72. The third kappa shape index (κ3) is 4.91. The fraction of sp³-hybridized carbons (Fsp3) is 0.409. The molecule has 1 N–H and O–H groups in total. The molecule has 7 heteroatoms. The molecule has 0 fully saturated rings. The highest BCUT2D eigenvalue weighted by atomic mass is 19.1. The fourth-order valence-electron chi connectivity index (χ4n) is 3.26. The highest BCUT2D eigenvalue weighted by molar-refractivity contribution is 6.43. The van der Waals surface area contributed by atoms with Gasteiger partial charge >= 0.3 is 5.97 Å². The molecule has 2 aromatic rings. The molecule has 1 amide bonds. The minimum absolute atomic E-state index is 0.0133. The van der Waals surface area contributed by atoms with Gasteiger partial charge in [0.1, 0.15) is 11.5 Å². The van der Waals surface area contributed by atoms with E-state index in [0.29, 0.717) is 24.3 Å². The average Bonchev–Trinajstić information content (AvgIpc) is 3.04. The van der Waals surface area contributed by atoms with Crippen LogP contribution < -0.4 is 0 Å². The quantitative estimate of drug-likeness (QED) is 0.388. The summed E-state index contributed by atoms with van der Waals surface area (Å²) in [4.78, 5) is 42.9. The number of halogens is 1. The van der Waals surface area contributed by atoms with Gasteiger partial charge in [-0.25, -0.2) is 9.18 Å². The molecule has 0 radical (unpaired) electrons. The van der Waals surface area contributed by atoms with Crippen molar-refractivity contribution in [2.75, 3.05) is 19.7 Å². The number of esters is 1. The summed E-state index contributed by atoms with van der Waals surface area (Å²) in [6.07, 6.45) is 1.45. The number of aryl methyl sites for hydroxylation is 1. The number of carbonyl (C=O) groups excluding carboxylic acids is 3. The van der Waals surface area contributed by atoms with E-state index in [2.05, 4.69) is 4.98 Å². The van der Waals surface area contributed by atoms with Crippen LogP contribution in [0.1, 0.15) is 60.2 Å². The van der Waals surface area contributed by atoms with Gasteiger partial charge in [-0.1, -0.05) is 26.0 Å². The molecule has 156 valence electrons. The van der Waals surface area contributed by atoms with Crippen LogP contribution in [0.3, 0.4) is 0 Å². The molecule has 1 aromatic heterocycles. The first-order valence-electron chi connectivity index (χ1n) is 9.84. The lowest BCUT2D eigenvalue weighted by atomic mass is 9.98. The van der Waals surface area contributed by atoms with Gasteiger partial charge in [-0.15, -0.1) is 0 Å². The van der Waals surface area contributed by atoms with E-state index in [4.69, 9.17) is 4.74 Å². The van der Waals surface area contributed by atoms with Crippen LogP contribution in [0.2, 0.25) is 0 Å². The molecular formula is C22H27FN2O4. The number of ether oxygens (including phenoxy) is 1. The van der Waals surface area contributed by atoms with E-state index in [1.54, 1.807) is 13.8 Å².